The van der Waals surface area contributed by atoms with Crippen molar-refractivity contribution in [3.05, 3.63) is 83.5 Å². The SMILES string of the molecule is C=C(C)CC1=CC2COCC(C1)N2C(=O)OCC1c2ccccc2-c2ccccc21. The molecule has 1 fully saturated rings. The van der Waals surface area contributed by atoms with Gasteiger partial charge >= 0.3 is 6.09 Å². The summed E-state index contributed by atoms with van der Waals surface area (Å²) in [6.07, 6.45) is 3.66. The number of rotatable bonds is 4. The molecule has 2 unspecified atom stereocenters. The summed E-state index contributed by atoms with van der Waals surface area (Å²) in [6, 6.07) is 16.8. The van der Waals surface area contributed by atoms with E-state index in [2.05, 4.69) is 61.2 Å². The van der Waals surface area contributed by atoms with Gasteiger partial charge in [0.25, 0.3) is 0 Å². The molecule has 2 aliphatic heterocycles. The topological polar surface area (TPSA) is 38.8 Å². The van der Waals surface area contributed by atoms with E-state index >= 15 is 0 Å². The van der Waals surface area contributed by atoms with Gasteiger partial charge in [0.2, 0.25) is 0 Å². The van der Waals surface area contributed by atoms with Gasteiger partial charge in [-0.1, -0.05) is 72.3 Å². The van der Waals surface area contributed by atoms with E-state index in [1.165, 1.54) is 27.8 Å². The number of morpholine rings is 1. The minimum atomic E-state index is -0.235. The molecule has 2 aromatic carbocycles. The van der Waals surface area contributed by atoms with Crippen LogP contribution in [0, 0.1) is 0 Å². The molecule has 3 aliphatic rings. The first-order valence-corrected chi connectivity index (χ1v) is 10.7. The van der Waals surface area contributed by atoms with Crippen molar-refractivity contribution in [1.29, 1.82) is 0 Å². The molecule has 2 aromatic rings. The maximum absolute atomic E-state index is 13.1. The molecule has 0 aromatic heterocycles. The normalized spacial score (nSPS) is 22.2. The summed E-state index contributed by atoms with van der Waals surface area (Å²) < 4.78 is 11.6. The number of nitrogens with zero attached hydrogens (tertiary/aromatic N) is 1. The second kappa shape index (κ2) is 7.77. The third-order valence-electron chi connectivity index (χ3n) is 6.35. The fraction of sp³-hybridized carbons (Fsp3) is 0.346. The molecule has 0 radical (unpaired) electrons. The number of carbonyl (C=O) groups excluding carboxylic acids is 1. The van der Waals surface area contributed by atoms with Crippen LogP contribution in [0.1, 0.15) is 36.8 Å². The van der Waals surface area contributed by atoms with Crippen LogP contribution < -0.4 is 0 Å². The van der Waals surface area contributed by atoms with Crippen molar-refractivity contribution < 1.29 is 14.3 Å². The Balaban J connectivity index is 1.33. The molecular formula is C26H27NO3. The average Bonchev–Trinajstić information content (AvgIpc) is 3.05. The summed E-state index contributed by atoms with van der Waals surface area (Å²) in [5.74, 6) is 0.0803. The monoisotopic (exact) mass is 401 g/mol. The molecule has 4 heteroatoms. The Labute approximate surface area is 177 Å². The quantitative estimate of drug-likeness (QED) is 0.653. The Kier molecular flexibility index (Phi) is 4.95. The standard InChI is InChI=1S/C26H27NO3/c1-17(2)11-18-12-19-14-29-15-20(13-18)27(19)26(28)30-16-25-23-9-5-3-7-21(23)22-8-4-6-10-24(22)25/h3-10,12,19-20,25H,1,11,13-16H2,2H3. The van der Waals surface area contributed by atoms with E-state index in [0.717, 1.165) is 18.4 Å². The molecule has 1 aliphatic carbocycles. The summed E-state index contributed by atoms with van der Waals surface area (Å²) in [4.78, 5) is 15.0. The third kappa shape index (κ3) is 3.35. The average molecular weight is 402 g/mol. The van der Waals surface area contributed by atoms with Gasteiger partial charge in [-0.15, -0.1) is 0 Å². The highest BCUT2D eigenvalue weighted by atomic mass is 16.6. The van der Waals surface area contributed by atoms with Crippen LogP contribution in [0.4, 0.5) is 4.79 Å². The Morgan fingerprint density at radius 3 is 2.40 bits per heavy atom. The predicted octanol–water partition coefficient (Wildman–Crippen LogP) is 5.30. The highest BCUT2D eigenvalue weighted by Crippen LogP contribution is 2.44. The molecular weight excluding hydrogens is 374 g/mol. The molecule has 30 heavy (non-hydrogen) atoms. The van der Waals surface area contributed by atoms with Gasteiger partial charge in [0.1, 0.15) is 6.61 Å². The fourth-order valence-electron chi connectivity index (χ4n) is 5.16. The van der Waals surface area contributed by atoms with E-state index < -0.39 is 0 Å². The van der Waals surface area contributed by atoms with Crippen molar-refractivity contribution in [3.63, 3.8) is 0 Å². The van der Waals surface area contributed by atoms with Gasteiger partial charge in [0.15, 0.2) is 0 Å². The third-order valence-corrected chi connectivity index (χ3v) is 6.35. The summed E-state index contributed by atoms with van der Waals surface area (Å²) in [5.41, 5.74) is 7.45. The molecule has 1 amide bonds. The Morgan fingerprint density at radius 1 is 1.10 bits per heavy atom. The van der Waals surface area contributed by atoms with E-state index in [9.17, 15) is 4.79 Å². The highest BCUT2D eigenvalue weighted by molar-refractivity contribution is 5.79. The Morgan fingerprint density at radius 2 is 1.77 bits per heavy atom. The zero-order valence-corrected chi connectivity index (χ0v) is 17.3. The second-order valence-corrected chi connectivity index (χ2v) is 8.63. The lowest BCUT2D eigenvalue weighted by Gasteiger charge is -2.44. The first-order valence-electron chi connectivity index (χ1n) is 10.7. The summed E-state index contributed by atoms with van der Waals surface area (Å²) in [5, 5.41) is 0. The molecule has 2 atom stereocenters. The number of amides is 1. The predicted molar refractivity (Wildman–Crippen MR) is 117 cm³/mol. The van der Waals surface area contributed by atoms with Crippen molar-refractivity contribution >= 4 is 6.09 Å². The Hall–Kier alpha value is -2.85. The molecule has 4 nitrogen and oxygen atoms in total. The highest BCUT2D eigenvalue weighted by Gasteiger charge is 2.39. The van der Waals surface area contributed by atoms with Crippen LogP contribution in [0.5, 0.6) is 0 Å². The van der Waals surface area contributed by atoms with E-state index in [4.69, 9.17) is 9.47 Å². The van der Waals surface area contributed by atoms with E-state index in [-0.39, 0.29) is 24.1 Å². The van der Waals surface area contributed by atoms with E-state index in [1.807, 2.05) is 11.8 Å². The van der Waals surface area contributed by atoms with Crippen molar-refractivity contribution in [1.82, 2.24) is 4.90 Å². The molecule has 0 N–H and O–H groups in total. The lowest BCUT2D eigenvalue weighted by Crippen LogP contribution is -2.56. The van der Waals surface area contributed by atoms with Gasteiger partial charge < -0.3 is 9.47 Å². The molecule has 2 bridgehead atoms. The van der Waals surface area contributed by atoms with Crippen LogP contribution >= 0.6 is 0 Å². The van der Waals surface area contributed by atoms with Crippen LogP contribution in [0.25, 0.3) is 11.1 Å². The smallest absolute Gasteiger partial charge is 0.410 e. The van der Waals surface area contributed by atoms with Gasteiger partial charge in [-0.3, -0.25) is 4.90 Å². The number of hydrogen-bond donors (Lipinski definition) is 0. The number of hydrogen-bond acceptors (Lipinski definition) is 3. The first-order chi connectivity index (χ1) is 14.6. The van der Waals surface area contributed by atoms with Crippen LogP contribution in [0.2, 0.25) is 0 Å². The number of ether oxygens (including phenoxy) is 2. The zero-order valence-electron chi connectivity index (χ0n) is 17.3. The van der Waals surface area contributed by atoms with Crippen molar-refractivity contribution in [2.45, 2.75) is 37.8 Å². The molecule has 2 heterocycles. The maximum atomic E-state index is 13.1. The summed E-state index contributed by atoms with van der Waals surface area (Å²) in [7, 11) is 0. The van der Waals surface area contributed by atoms with Crippen LogP contribution in [0.15, 0.2) is 72.3 Å². The number of fused-ring (bicyclic) bond motifs is 5. The Bertz CT molecular complexity index is 979. The number of carbonyl (C=O) groups is 1. The van der Waals surface area contributed by atoms with E-state index in [0.29, 0.717) is 19.8 Å². The van der Waals surface area contributed by atoms with Crippen molar-refractivity contribution in [2.24, 2.45) is 0 Å². The largest absolute Gasteiger partial charge is 0.448 e. The maximum Gasteiger partial charge on any atom is 0.410 e. The van der Waals surface area contributed by atoms with Gasteiger partial charge in [-0.2, -0.15) is 0 Å². The van der Waals surface area contributed by atoms with E-state index in [1.54, 1.807) is 0 Å². The van der Waals surface area contributed by atoms with Crippen LogP contribution in [0.3, 0.4) is 0 Å². The first kappa shape index (κ1) is 19.1. The lowest BCUT2D eigenvalue weighted by atomic mass is 9.91. The second-order valence-electron chi connectivity index (χ2n) is 8.63. The molecule has 0 spiro atoms. The van der Waals surface area contributed by atoms with Gasteiger partial charge in [-0.25, -0.2) is 4.79 Å². The van der Waals surface area contributed by atoms with Crippen LogP contribution in [-0.2, 0) is 9.47 Å². The molecule has 154 valence electrons. The fourth-order valence-corrected chi connectivity index (χ4v) is 5.16. The summed E-state index contributed by atoms with van der Waals surface area (Å²) in [6.45, 7) is 7.52. The van der Waals surface area contributed by atoms with Crippen molar-refractivity contribution in [2.75, 3.05) is 19.8 Å². The van der Waals surface area contributed by atoms with Gasteiger partial charge in [0, 0.05) is 5.92 Å². The van der Waals surface area contributed by atoms with Gasteiger partial charge in [-0.05, 0) is 42.0 Å². The molecule has 1 saturated heterocycles. The number of benzene rings is 2. The molecule has 5 rings (SSSR count). The minimum Gasteiger partial charge on any atom is -0.448 e. The minimum absolute atomic E-state index is 0.0405. The summed E-state index contributed by atoms with van der Waals surface area (Å²) >= 11 is 0. The van der Waals surface area contributed by atoms with Gasteiger partial charge in [0.05, 0.1) is 25.3 Å². The number of allylic oxidation sites excluding steroid dienone is 1. The zero-order chi connectivity index (χ0) is 20.7. The van der Waals surface area contributed by atoms with Crippen LogP contribution in [-0.4, -0.2) is 42.9 Å². The van der Waals surface area contributed by atoms with Crippen molar-refractivity contribution in [3.8, 4) is 11.1 Å². The lowest BCUT2D eigenvalue weighted by molar-refractivity contribution is -0.0363. The molecule has 0 saturated carbocycles.